The van der Waals surface area contributed by atoms with E-state index in [0.29, 0.717) is 0 Å². The van der Waals surface area contributed by atoms with Gasteiger partial charge in [-0.2, -0.15) is 0 Å². The molecule has 0 aliphatic carbocycles. The third-order valence-electron chi connectivity index (χ3n) is 23.8. The molecule has 12 aromatic heterocycles. The van der Waals surface area contributed by atoms with Gasteiger partial charge in [-0.1, -0.05) is 223 Å². The third-order valence-corrected chi connectivity index (χ3v) is 31.7. The van der Waals surface area contributed by atoms with Crippen molar-refractivity contribution in [1.29, 1.82) is 0 Å². The standard InChI is InChI=1S/4C20H18NOSi.2C12H10N.2C11H8N.4Ir/c1-23(2,3)20-11-7-5-9-15(20)17-12-16-14-8-4-6-10-18(14)22-19(16)13-21-17;2*1-23(2,3)15-8-6-7-14(11-15)18-12-17-16-9-4-5-10-19(16)22-20(17)13-21-18;1-23(2,3)20-18-15-11-7-8-12-16(15)22-17(18)13-21-19(20)14-9-5-4-6-10-14;2*1-10-7-8-12(13-9-10)11-5-3-2-4-6-11;2*1-2-6-10(7-3-1)11-8-4-5-9-12-11;;;;/h4-8,10-13H,1-3H3;4-6,8-13H,1-3H3;4-10,12-13H,1-3H3;4-9,11-13H,1-3H3;2*2-5,7-9H,1H3;2*1-6,8-9H;;;;/q8*-1;;;;. The summed E-state index contributed by atoms with van der Waals surface area (Å²) in [6.45, 7) is 32.3. The zero-order valence-corrected chi connectivity index (χ0v) is 97.2. The molecule has 0 unspecified atom stereocenters. The number of hydrogen-bond acceptors (Lipinski definition) is 12. The summed E-state index contributed by atoms with van der Waals surface area (Å²) in [5, 5.41) is 14.6. The fraction of sp³-hybridized carbons (Fsp3) is 0.111. The van der Waals surface area contributed by atoms with Crippen LogP contribution in [0.25, 0.3) is 178 Å². The monoisotopic (exact) mass is 2680 g/mol. The molecule has 20 heteroatoms. The Hall–Kier alpha value is -13.5. The zero-order chi connectivity index (χ0) is 98.8. The van der Waals surface area contributed by atoms with Crippen LogP contribution in [-0.2, 0) is 80.4 Å². The quantitative estimate of drug-likeness (QED) is 0.0844. The maximum Gasteiger partial charge on any atom is 0.151 e. The van der Waals surface area contributed by atoms with E-state index >= 15 is 0 Å². The number of fused-ring (bicyclic) bond motifs is 12. The van der Waals surface area contributed by atoms with E-state index in [1.165, 1.54) is 42.6 Å². The molecule has 0 aliphatic heterocycles. The minimum absolute atomic E-state index is 0. The molecule has 0 aliphatic rings. The SMILES string of the molecule is C[Si](C)(C)c1[c-]c(-c2cc3c(cn2)oc2ccccc23)ccc1.C[Si](C)(C)c1c(-c2[c-]cccc2)ncc2oc3ccccc3c12.C[Si](C)(C)c1cc[c-]c(-c2cc3c(cn2)oc2ccccc23)c1.C[Si](C)(C)c1ccc[c-]c1-c1cc2c(cn1)oc1ccccc12.Cc1ccc(-c2[c-]cccc2)nc1.Cc1ccc(-c2[c-]cccc2)nc1.[Ir].[Ir].[Ir].[Ir].[c-]1ccccc1-c1ccccn1.[c-]1ccccc1-c1ccccn1. The van der Waals surface area contributed by atoms with Crippen molar-refractivity contribution in [1.82, 2.24) is 39.9 Å². The first-order valence-electron chi connectivity index (χ1n) is 47.5. The fourth-order valence-electron chi connectivity index (χ4n) is 16.4. The smallest absolute Gasteiger partial charge is 0.151 e. The largest absolute Gasteiger partial charge is 0.455 e. The Morgan fingerprint density at radius 1 is 0.226 bits per heavy atom. The normalized spacial score (nSPS) is 11.0. The van der Waals surface area contributed by atoms with Crippen LogP contribution in [-0.4, -0.2) is 72.2 Å². The number of pyridine rings is 8. The van der Waals surface area contributed by atoms with E-state index in [2.05, 4.69) is 271 Å². The molecule has 0 spiro atoms. The molecule has 0 bridgehead atoms. The van der Waals surface area contributed by atoms with Crippen molar-refractivity contribution in [2.24, 2.45) is 0 Å². The van der Waals surface area contributed by atoms with Crippen LogP contribution < -0.4 is 20.7 Å². The summed E-state index contributed by atoms with van der Waals surface area (Å²) in [6, 6.07) is 144. The minimum Gasteiger partial charge on any atom is -0.455 e. The maximum atomic E-state index is 6.03. The van der Waals surface area contributed by atoms with Gasteiger partial charge in [-0.15, -0.1) is 285 Å². The summed E-state index contributed by atoms with van der Waals surface area (Å²) in [5.41, 5.74) is 25.6. The minimum atomic E-state index is -1.65. The van der Waals surface area contributed by atoms with E-state index in [1.807, 2.05) is 294 Å². The van der Waals surface area contributed by atoms with Crippen molar-refractivity contribution in [2.45, 2.75) is 92.4 Å². The first-order chi connectivity index (χ1) is 68.8. The van der Waals surface area contributed by atoms with Gasteiger partial charge in [0.05, 0.1) is 49.0 Å². The van der Waals surface area contributed by atoms with Gasteiger partial charge in [-0.05, 0) is 107 Å². The average molecular weight is 2680 g/mol. The molecule has 146 heavy (non-hydrogen) atoms. The van der Waals surface area contributed by atoms with Crippen LogP contribution in [0.3, 0.4) is 0 Å². The second-order valence-electron chi connectivity index (χ2n) is 38.5. The molecule has 24 aromatic rings. The van der Waals surface area contributed by atoms with Gasteiger partial charge in [-0.25, -0.2) is 0 Å². The van der Waals surface area contributed by atoms with E-state index in [9.17, 15) is 0 Å². The topological polar surface area (TPSA) is 156 Å². The summed E-state index contributed by atoms with van der Waals surface area (Å²) in [4.78, 5) is 35.6. The van der Waals surface area contributed by atoms with Gasteiger partial charge in [-0.3, -0.25) is 0 Å². The molecule has 12 aromatic carbocycles. The maximum absolute atomic E-state index is 6.03. The van der Waals surface area contributed by atoms with Crippen molar-refractivity contribution < 1.29 is 98.1 Å². The van der Waals surface area contributed by atoms with Crippen LogP contribution in [0, 0.1) is 62.4 Å². The molecule has 0 N–H and O–H groups in total. The summed E-state index contributed by atoms with van der Waals surface area (Å²) < 4.78 is 23.6. The first kappa shape index (κ1) is 110. The van der Waals surface area contributed by atoms with Gasteiger partial charge < -0.3 is 57.5 Å². The molecule has 736 valence electrons. The van der Waals surface area contributed by atoms with E-state index in [-0.39, 0.29) is 80.4 Å². The number of para-hydroxylation sites is 4. The molecule has 0 fully saturated rings. The van der Waals surface area contributed by atoms with Gasteiger partial charge in [0.1, 0.15) is 22.3 Å². The second-order valence-corrected chi connectivity index (χ2v) is 58.6. The molecule has 12 heterocycles. The fourth-order valence-corrected chi connectivity index (χ4v) is 22.2. The number of aromatic nitrogens is 8. The van der Waals surface area contributed by atoms with Crippen LogP contribution >= 0.6 is 0 Å². The van der Waals surface area contributed by atoms with Gasteiger partial charge in [0, 0.05) is 156 Å². The Bertz CT molecular complexity index is 7940. The predicted octanol–water partition coefficient (Wildman–Crippen LogP) is 30.8. The molecular weight excluding hydrogens is 2570 g/mol. The van der Waals surface area contributed by atoms with Crippen molar-refractivity contribution in [2.75, 3.05) is 0 Å². The third kappa shape index (κ3) is 27.6. The Kier molecular flexibility index (Phi) is 38.0. The van der Waals surface area contributed by atoms with E-state index < -0.39 is 32.3 Å². The Morgan fingerprint density at radius 3 is 0.993 bits per heavy atom. The number of aryl methyl sites for hydroxylation is 2. The summed E-state index contributed by atoms with van der Waals surface area (Å²) in [6.07, 6.45) is 14.6. The molecular formula is C126H108Ir4N8O4Si4-8. The Labute approximate surface area is 913 Å². The number of hydrogen-bond donors (Lipinski definition) is 0. The van der Waals surface area contributed by atoms with Gasteiger partial charge in [0.15, 0.2) is 22.3 Å². The number of benzene rings is 12. The number of nitrogens with zero attached hydrogens (tertiary/aromatic N) is 8. The molecule has 4 radical (unpaired) electrons. The van der Waals surface area contributed by atoms with E-state index in [4.69, 9.17) is 22.7 Å². The van der Waals surface area contributed by atoms with Crippen molar-refractivity contribution in [3.8, 4) is 90.1 Å². The Morgan fingerprint density at radius 2 is 0.589 bits per heavy atom. The van der Waals surface area contributed by atoms with Crippen LogP contribution in [0.5, 0.6) is 0 Å². The average Bonchev–Trinajstić information content (AvgIpc) is 1.56. The molecule has 0 amide bonds. The van der Waals surface area contributed by atoms with Crippen molar-refractivity contribution >= 4 is 141 Å². The van der Waals surface area contributed by atoms with Crippen LogP contribution in [0.4, 0.5) is 0 Å². The zero-order valence-electron chi connectivity index (χ0n) is 83.6. The summed E-state index contributed by atoms with van der Waals surface area (Å²) >= 11 is 0. The molecule has 0 atom stereocenters. The Balaban J connectivity index is 0.000000141. The molecule has 0 saturated heterocycles. The molecule has 12 nitrogen and oxygen atoms in total. The first-order valence-corrected chi connectivity index (χ1v) is 61.5. The van der Waals surface area contributed by atoms with Crippen LogP contribution in [0.2, 0.25) is 78.6 Å². The van der Waals surface area contributed by atoms with Gasteiger partial charge in [0.2, 0.25) is 0 Å². The second kappa shape index (κ2) is 50.5. The van der Waals surface area contributed by atoms with Crippen LogP contribution in [0.15, 0.2) is 419 Å². The van der Waals surface area contributed by atoms with Crippen molar-refractivity contribution in [3.05, 3.63) is 461 Å². The van der Waals surface area contributed by atoms with Gasteiger partial charge in [0.25, 0.3) is 0 Å². The molecule has 24 rings (SSSR count). The van der Waals surface area contributed by atoms with E-state index in [0.717, 1.165) is 167 Å². The summed E-state index contributed by atoms with van der Waals surface area (Å²) in [7, 11) is -5.84. The number of furan rings is 4. The van der Waals surface area contributed by atoms with Crippen molar-refractivity contribution in [3.63, 3.8) is 0 Å². The number of rotatable bonds is 12. The predicted molar refractivity (Wildman–Crippen MR) is 599 cm³/mol. The van der Waals surface area contributed by atoms with E-state index in [1.54, 1.807) is 12.4 Å². The van der Waals surface area contributed by atoms with Crippen LogP contribution in [0.1, 0.15) is 11.1 Å². The summed E-state index contributed by atoms with van der Waals surface area (Å²) in [5.74, 6) is 0. The molecule has 0 saturated carbocycles. The van der Waals surface area contributed by atoms with Gasteiger partial charge >= 0.3 is 0 Å².